The lowest BCUT2D eigenvalue weighted by Crippen LogP contribution is -2.39. The first kappa shape index (κ1) is 17.5. The predicted octanol–water partition coefficient (Wildman–Crippen LogP) is 1.49. The number of nitrogens with one attached hydrogen (secondary N) is 1. The van der Waals surface area contributed by atoms with E-state index in [4.69, 9.17) is 0 Å². The highest BCUT2D eigenvalue weighted by molar-refractivity contribution is 5.78. The zero-order chi connectivity index (χ0) is 16.7. The van der Waals surface area contributed by atoms with Gasteiger partial charge in [0.05, 0.1) is 6.54 Å². The van der Waals surface area contributed by atoms with Gasteiger partial charge in [0.15, 0.2) is 0 Å². The molecule has 5 heteroatoms. The van der Waals surface area contributed by atoms with E-state index in [0.29, 0.717) is 19.5 Å². The summed E-state index contributed by atoms with van der Waals surface area (Å²) in [6.45, 7) is 5.41. The van der Waals surface area contributed by atoms with Crippen LogP contribution < -0.4 is 5.32 Å². The fourth-order valence-electron chi connectivity index (χ4n) is 2.88. The van der Waals surface area contributed by atoms with Crippen molar-refractivity contribution in [2.75, 3.05) is 33.2 Å². The summed E-state index contributed by atoms with van der Waals surface area (Å²) in [6, 6.07) is 10.1. The Morgan fingerprint density at radius 2 is 2.09 bits per heavy atom. The number of amides is 2. The zero-order valence-corrected chi connectivity index (χ0v) is 14.1. The number of carbonyl (C=O) groups excluding carboxylic acids is 2. The second kappa shape index (κ2) is 8.67. The summed E-state index contributed by atoms with van der Waals surface area (Å²) >= 11 is 0. The van der Waals surface area contributed by atoms with Gasteiger partial charge in [-0.2, -0.15) is 0 Å². The van der Waals surface area contributed by atoms with E-state index >= 15 is 0 Å². The van der Waals surface area contributed by atoms with Gasteiger partial charge in [-0.05, 0) is 24.9 Å². The van der Waals surface area contributed by atoms with Crippen LogP contribution >= 0.6 is 0 Å². The maximum absolute atomic E-state index is 12.0. The normalized spacial score (nSPS) is 16.0. The minimum atomic E-state index is 0.0306. The molecule has 2 rings (SSSR count). The van der Waals surface area contributed by atoms with Gasteiger partial charge in [-0.15, -0.1) is 0 Å². The third-order valence-electron chi connectivity index (χ3n) is 4.06. The van der Waals surface area contributed by atoms with E-state index in [1.807, 2.05) is 35.0 Å². The van der Waals surface area contributed by atoms with Gasteiger partial charge >= 0.3 is 0 Å². The molecular weight excluding hydrogens is 290 g/mol. The summed E-state index contributed by atoms with van der Waals surface area (Å²) in [4.78, 5) is 27.5. The van der Waals surface area contributed by atoms with Crippen molar-refractivity contribution in [3.63, 3.8) is 0 Å². The number of carbonyl (C=O) groups is 2. The molecule has 1 aliphatic heterocycles. The highest BCUT2D eigenvalue weighted by Gasteiger charge is 2.21. The Morgan fingerprint density at radius 1 is 1.35 bits per heavy atom. The summed E-state index contributed by atoms with van der Waals surface area (Å²) in [5.41, 5.74) is 1.20. The van der Waals surface area contributed by atoms with Gasteiger partial charge < -0.3 is 10.2 Å². The number of likely N-dealkylation sites (tertiary alicyclic amines) is 1. The van der Waals surface area contributed by atoms with Crippen molar-refractivity contribution in [2.24, 2.45) is 5.92 Å². The van der Waals surface area contributed by atoms with Gasteiger partial charge in [-0.1, -0.05) is 37.3 Å². The third-order valence-corrected chi connectivity index (χ3v) is 4.06. The van der Waals surface area contributed by atoms with Crippen molar-refractivity contribution in [1.82, 2.24) is 15.1 Å². The van der Waals surface area contributed by atoms with Crippen molar-refractivity contribution in [3.8, 4) is 0 Å². The fraction of sp³-hybridized carbons (Fsp3) is 0.556. The molecule has 2 amide bonds. The van der Waals surface area contributed by atoms with E-state index < -0.39 is 0 Å². The molecule has 1 fully saturated rings. The van der Waals surface area contributed by atoms with Gasteiger partial charge in [-0.25, -0.2) is 0 Å². The Morgan fingerprint density at radius 3 is 2.74 bits per heavy atom. The SMILES string of the molecule is C[C@@H](CNC(=O)CN(C)Cc1ccccc1)CN1CCCC1=O. The third kappa shape index (κ3) is 6.02. The van der Waals surface area contributed by atoms with Crippen LogP contribution in [0, 0.1) is 5.92 Å². The molecule has 0 spiro atoms. The summed E-state index contributed by atoms with van der Waals surface area (Å²) in [5, 5.41) is 2.97. The van der Waals surface area contributed by atoms with Gasteiger partial charge in [0.2, 0.25) is 11.8 Å². The summed E-state index contributed by atoms with van der Waals surface area (Å²) in [6.07, 6.45) is 1.63. The van der Waals surface area contributed by atoms with Crippen LogP contribution in [0.15, 0.2) is 30.3 Å². The molecular formula is C18H27N3O2. The largest absolute Gasteiger partial charge is 0.355 e. The Labute approximate surface area is 138 Å². The lowest BCUT2D eigenvalue weighted by molar-refractivity contribution is -0.128. The predicted molar refractivity (Wildman–Crippen MR) is 90.8 cm³/mol. The first-order chi connectivity index (χ1) is 11.0. The minimum Gasteiger partial charge on any atom is -0.355 e. The first-order valence-electron chi connectivity index (χ1n) is 8.31. The topological polar surface area (TPSA) is 52.7 Å². The van der Waals surface area contributed by atoms with E-state index in [1.54, 1.807) is 0 Å². The fourth-order valence-corrected chi connectivity index (χ4v) is 2.88. The van der Waals surface area contributed by atoms with Gasteiger partial charge in [0.25, 0.3) is 0 Å². The average molecular weight is 317 g/mol. The lowest BCUT2D eigenvalue weighted by Gasteiger charge is -2.22. The molecule has 126 valence electrons. The molecule has 1 aromatic rings. The number of likely N-dealkylation sites (N-methyl/N-ethyl adjacent to an activating group) is 1. The number of nitrogens with zero attached hydrogens (tertiary/aromatic N) is 2. The van der Waals surface area contributed by atoms with Crippen LogP contribution in [-0.2, 0) is 16.1 Å². The van der Waals surface area contributed by atoms with E-state index in [-0.39, 0.29) is 17.7 Å². The monoisotopic (exact) mass is 317 g/mol. The molecule has 0 bridgehead atoms. The van der Waals surface area contributed by atoms with E-state index in [1.165, 1.54) is 5.56 Å². The van der Waals surface area contributed by atoms with Gasteiger partial charge in [-0.3, -0.25) is 14.5 Å². The van der Waals surface area contributed by atoms with Crippen LogP contribution in [0.25, 0.3) is 0 Å². The molecule has 0 aliphatic carbocycles. The van der Waals surface area contributed by atoms with Crippen molar-refractivity contribution in [3.05, 3.63) is 35.9 Å². The Kier molecular flexibility index (Phi) is 6.59. The molecule has 1 atom stereocenters. The smallest absolute Gasteiger partial charge is 0.234 e. The van der Waals surface area contributed by atoms with Crippen LogP contribution in [0.2, 0.25) is 0 Å². The molecule has 1 N–H and O–H groups in total. The van der Waals surface area contributed by atoms with Gasteiger partial charge in [0, 0.05) is 32.6 Å². The molecule has 0 unspecified atom stereocenters. The molecule has 1 aromatic carbocycles. The quantitative estimate of drug-likeness (QED) is 0.790. The van der Waals surface area contributed by atoms with Crippen molar-refractivity contribution in [1.29, 1.82) is 0 Å². The molecule has 5 nitrogen and oxygen atoms in total. The minimum absolute atomic E-state index is 0.0306. The Balaban J connectivity index is 1.65. The maximum Gasteiger partial charge on any atom is 0.234 e. The molecule has 23 heavy (non-hydrogen) atoms. The van der Waals surface area contributed by atoms with Crippen molar-refractivity contribution < 1.29 is 9.59 Å². The highest BCUT2D eigenvalue weighted by Crippen LogP contribution is 2.11. The first-order valence-corrected chi connectivity index (χ1v) is 8.31. The molecule has 0 saturated carbocycles. The number of hydrogen-bond acceptors (Lipinski definition) is 3. The van der Waals surface area contributed by atoms with E-state index in [2.05, 4.69) is 24.4 Å². The van der Waals surface area contributed by atoms with Crippen LogP contribution in [-0.4, -0.2) is 54.8 Å². The Bertz CT molecular complexity index is 518. The zero-order valence-electron chi connectivity index (χ0n) is 14.1. The van der Waals surface area contributed by atoms with E-state index in [9.17, 15) is 9.59 Å². The van der Waals surface area contributed by atoms with Gasteiger partial charge in [0.1, 0.15) is 0 Å². The maximum atomic E-state index is 12.0. The summed E-state index contributed by atoms with van der Waals surface area (Å²) < 4.78 is 0. The molecule has 0 radical (unpaired) electrons. The molecule has 1 heterocycles. The van der Waals surface area contributed by atoms with E-state index in [0.717, 1.165) is 26.1 Å². The van der Waals surface area contributed by atoms with Crippen LogP contribution in [0.4, 0.5) is 0 Å². The average Bonchev–Trinajstić information content (AvgIpc) is 2.91. The number of rotatable bonds is 8. The second-order valence-corrected chi connectivity index (χ2v) is 6.51. The van der Waals surface area contributed by atoms with Crippen LogP contribution in [0.3, 0.4) is 0 Å². The highest BCUT2D eigenvalue weighted by atomic mass is 16.2. The van der Waals surface area contributed by atoms with Crippen molar-refractivity contribution in [2.45, 2.75) is 26.3 Å². The molecule has 1 aliphatic rings. The number of hydrogen-bond donors (Lipinski definition) is 1. The summed E-state index contributed by atoms with van der Waals surface area (Å²) in [7, 11) is 1.94. The molecule has 0 aromatic heterocycles. The van der Waals surface area contributed by atoms with Crippen molar-refractivity contribution >= 4 is 11.8 Å². The van der Waals surface area contributed by atoms with Crippen LogP contribution in [0.1, 0.15) is 25.3 Å². The summed E-state index contributed by atoms with van der Waals surface area (Å²) in [5.74, 6) is 0.550. The second-order valence-electron chi connectivity index (χ2n) is 6.51. The standard InChI is InChI=1S/C18H27N3O2/c1-15(12-21-10-6-9-18(21)23)11-19-17(22)14-20(2)13-16-7-4-3-5-8-16/h3-5,7-8,15H,6,9-14H2,1-2H3,(H,19,22)/t15-/m0/s1. The Hall–Kier alpha value is -1.88. The number of benzene rings is 1. The van der Waals surface area contributed by atoms with Crippen LogP contribution in [0.5, 0.6) is 0 Å². The lowest BCUT2D eigenvalue weighted by atomic mass is 10.1. The molecule has 1 saturated heterocycles.